The molecule has 134 valence electrons. The van der Waals surface area contributed by atoms with Gasteiger partial charge in [0.15, 0.2) is 0 Å². The van der Waals surface area contributed by atoms with Crippen LogP contribution in [0.3, 0.4) is 0 Å². The van der Waals surface area contributed by atoms with Gasteiger partial charge in [0.05, 0.1) is 18.5 Å². The number of hydrogen-bond acceptors (Lipinski definition) is 4. The second-order valence-corrected chi connectivity index (χ2v) is 7.02. The molecule has 0 unspecified atom stereocenters. The van der Waals surface area contributed by atoms with E-state index in [0.717, 1.165) is 21.4 Å². The highest BCUT2D eigenvalue weighted by Crippen LogP contribution is 2.28. The molecule has 1 heterocycles. The molecule has 0 spiro atoms. The molecule has 2 aromatic carbocycles. The van der Waals surface area contributed by atoms with Crippen molar-refractivity contribution >= 4 is 46.1 Å². The van der Waals surface area contributed by atoms with Crippen LogP contribution in [0.5, 0.6) is 0 Å². The summed E-state index contributed by atoms with van der Waals surface area (Å²) in [5.74, 6) is -0.473. The smallest absolute Gasteiger partial charge is 0.310 e. The molecular weight excluding hydrogens is 370 g/mol. The van der Waals surface area contributed by atoms with E-state index in [4.69, 9.17) is 16.3 Å². The molecule has 0 saturated carbocycles. The van der Waals surface area contributed by atoms with Crippen molar-refractivity contribution in [3.8, 4) is 0 Å². The van der Waals surface area contributed by atoms with Crippen molar-refractivity contribution in [1.29, 1.82) is 0 Å². The zero-order valence-corrected chi connectivity index (χ0v) is 16.1. The molecule has 0 aliphatic heterocycles. The molecule has 0 aliphatic rings. The Kier molecular flexibility index (Phi) is 5.69. The summed E-state index contributed by atoms with van der Waals surface area (Å²) < 4.78 is 6.65. The van der Waals surface area contributed by atoms with Crippen molar-refractivity contribution in [2.45, 2.75) is 18.2 Å². The average Bonchev–Trinajstić information content (AvgIpc) is 2.99. The maximum absolute atomic E-state index is 12.9. The van der Waals surface area contributed by atoms with Crippen molar-refractivity contribution in [2.75, 3.05) is 12.9 Å². The molecule has 0 amide bonds. The summed E-state index contributed by atoms with van der Waals surface area (Å²) in [6.07, 6.45) is 3.84. The van der Waals surface area contributed by atoms with Gasteiger partial charge in [0, 0.05) is 27.1 Å². The maximum atomic E-state index is 12.9. The van der Waals surface area contributed by atoms with E-state index in [1.54, 1.807) is 53.7 Å². The van der Waals surface area contributed by atoms with Gasteiger partial charge in [-0.3, -0.25) is 14.2 Å². The highest BCUT2D eigenvalue weighted by molar-refractivity contribution is 7.98. The van der Waals surface area contributed by atoms with E-state index in [9.17, 15) is 9.59 Å². The lowest BCUT2D eigenvalue weighted by atomic mass is 10.1. The highest BCUT2D eigenvalue weighted by atomic mass is 35.5. The van der Waals surface area contributed by atoms with Crippen LogP contribution in [0.4, 0.5) is 0 Å². The van der Waals surface area contributed by atoms with Crippen LogP contribution in [0.2, 0.25) is 5.02 Å². The zero-order valence-electron chi connectivity index (χ0n) is 14.5. The number of aromatic nitrogens is 1. The Morgan fingerprint density at radius 1 is 1.15 bits per heavy atom. The number of rotatable bonds is 5. The van der Waals surface area contributed by atoms with Crippen molar-refractivity contribution in [3.63, 3.8) is 0 Å². The number of carbonyl (C=O) groups excluding carboxylic acids is 2. The van der Waals surface area contributed by atoms with Crippen molar-refractivity contribution in [3.05, 3.63) is 64.8 Å². The first-order chi connectivity index (χ1) is 12.5. The molecule has 0 fully saturated rings. The highest BCUT2D eigenvalue weighted by Gasteiger charge is 2.18. The number of nitrogens with zero attached hydrogens (tertiary/aromatic N) is 1. The van der Waals surface area contributed by atoms with Crippen molar-refractivity contribution in [2.24, 2.45) is 0 Å². The van der Waals surface area contributed by atoms with Gasteiger partial charge in [0.2, 0.25) is 0 Å². The van der Waals surface area contributed by atoms with Gasteiger partial charge in [-0.1, -0.05) is 11.6 Å². The van der Waals surface area contributed by atoms with E-state index in [0.29, 0.717) is 17.2 Å². The van der Waals surface area contributed by atoms with E-state index >= 15 is 0 Å². The number of halogens is 1. The third kappa shape index (κ3) is 3.79. The standard InChI is InChI=1S/C20H18ClNO3S/c1-3-25-19(23)10-14-12-22(18-9-8-16(26-2)11-17(14)18)20(24)13-4-6-15(21)7-5-13/h4-9,11-12H,3,10H2,1-2H3. The Hall–Kier alpha value is -2.24. The quantitative estimate of drug-likeness (QED) is 0.465. The number of hydrogen-bond donors (Lipinski definition) is 0. The van der Waals surface area contributed by atoms with Crippen molar-refractivity contribution < 1.29 is 14.3 Å². The first-order valence-electron chi connectivity index (χ1n) is 8.17. The van der Waals surface area contributed by atoms with Gasteiger partial charge < -0.3 is 4.74 Å². The average molecular weight is 388 g/mol. The van der Waals surface area contributed by atoms with Gasteiger partial charge in [-0.25, -0.2) is 0 Å². The first kappa shape index (κ1) is 18.5. The minimum Gasteiger partial charge on any atom is -0.466 e. The van der Waals surface area contributed by atoms with Gasteiger partial charge in [-0.2, -0.15) is 0 Å². The number of fused-ring (bicyclic) bond motifs is 1. The van der Waals surface area contributed by atoms with Gasteiger partial charge in [0.1, 0.15) is 0 Å². The van der Waals surface area contributed by atoms with Gasteiger partial charge >= 0.3 is 5.97 Å². The van der Waals surface area contributed by atoms with Crippen LogP contribution in [0.1, 0.15) is 22.8 Å². The maximum Gasteiger partial charge on any atom is 0.310 e. The monoisotopic (exact) mass is 387 g/mol. The Bertz CT molecular complexity index is 963. The zero-order chi connectivity index (χ0) is 18.7. The Morgan fingerprint density at radius 2 is 1.88 bits per heavy atom. The van der Waals surface area contributed by atoms with Crippen LogP contribution in [0, 0.1) is 0 Å². The fourth-order valence-corrected chi connectivity index (χ4v) is 3.38. The minimum atomic E-state index is -0.306. The topological polar surface area (TPSA) is 48.3 Å². The molecule has 0 N–H and O–H groups in total. The lowest BCUT2D eigenvalue weighted by Gasteiger charge is -2.05. The fraction of sp³-hybridized carbons (Fsp3) is 0.200. The van der Waals surface area contributed by atoms with Crippen LogP contribution >= 0.6 is 23.4 Å². The summed E-state index contributed by atoms with van der Waals surface area (Å²) in [6, 6.07) is 12.6. The molecule has 3 aromatic rings. The summed E-state index contributed by atoms with van der Waals surface area (Å²) >= 11 is 7.52. The van der Waals surface area contributed by atoms with Crippen molar-refractivity contribution in [1.82, 2.24) is 4.57 Å². The number of thioether (sulfide) groups is 1. The molecule has 3 rings (SSSR count). The SMILES string of the molecule is CCOC(=O)Cc1cn(C(=O)c2ccc(Cl)cc2)c2ccc(SC)cc12. The first-order valence-corrected chi connectivity index (χ1v) is 9.77. The molecule has 0 radical (unpaired) electrons. The predicted molar refractivity (Wildman–Crippen MR) is 105 cm³/mol. The number of esters is 1. The molecule has 0 bridgehead atoms. The van der Waals surface area contributed by atoms with Gasteiger partial charge in [-0.15, -0.1) is 11.8 Å². The summed E-state index contributed by atoms with van der Waals surface area (Å²) in [5.41, 5.74) is 2.07. The summed E-state index contributed by atoms with van der Waals surface area (Å²) in [4.78, 5) is 26.0. The second kappa shape index (κ2) is 7.98. The molecular formula is C20H18ClNO3S. The molecule has 4 nitrogen and oxygen atoms in total. The normalized spacial score (nSPS) is 10.9. The van der Waals surface area contributed by atoms with Gasteiger partial charge in [0.25, 0.3) is 5.91 Å². The van der Waals surface area contributed by atoms with Crippen LogP contribution in [-0.2, 0) is 16.0 Å². The predicted octanol–water partition coefficient (Wildman–Crippen LogP) is 4.81. The lowest BCUT2D eigenvalue weighted by Crippen LogP contribution is -2.11. The largest absolute Gasteiger partial charge is 0.466 e. The third-order valence-corrected chi connectivity index (χ3v) is 5.02. The van der Waals surface area contributed by atoms with E-state index in [-0.39, 0.29) is 18.3 Å². The van der Waals surface area contributed by atoms with Crippen LogP contribution in [0.15, 0.2) is 53.6 Å². The summed E-state index contributed by atoms with van der Waals surface area (Å²) in [5, 5.41) is 1.46. The molecule has 0 aliphatic carbocycles. The lowest BCUT2D eigenvalue weighted by molar-refractivity contribution is -0.142. The molecule has 0 saturated heterocycles. The minimum absolute atomic E-state index is 0.128. The van der Waals surface area contributed by atoms with E-state index in [1.807, 2.05) is 24.5 Å². The Morgan fingerprint density at radius 3 is 2.54 bits per heavy atom. The van der Waals surface area contributed by atoms with Crippen LogP contribution in [-0.4, -0.2) is 29.3 Å². The number of ether oxygens (including phenoxy) is 1. The van der Waals surface area contributed by atoms with E-state index in [1.165, 1.54) is 0 Å². The van der Waals surface area contributed by atoms with Gasteiger partial charge in [-0.05, 0) is 61.2 Å². The van der Waals surface area contributed by atoms with E-state index < -0.39 is 0 Å². The Labute approximate surface area is 161 Å². The Balaban J connectivity index is 2.08. The van der Waals surface area contributed by atoms with Crippen LogP contribution < -0.4 is 0 Å². The number of benzene rings is 2. The van der Waals surface area contributed by atoms with E-state index in [2.05, 4.69) is 0 Å². The molecule has 6 heteroatoms. The third-order valence-electron chi connectivity index (χ3n) is 4.04. The number of carbonyl (C=O) groups is 2. The fourth-order valence-electron chi connectivity index (χ4n) is 2.81. The summed E-state index contributed by atoms with van der Waals surface area (Å²) in [7, 11) is 0. The molecule has 0 atom stereocenters. The van der Waals surface area contributed by atoms with Crippen LogP contribution in [0.25, 0.3) is 10.9 Å². The molecule has 26 heavy (non-hydrogen) atoms. The summed E-state index contributed by atoms with van der Waals surface area (Å²) in [6.45, 7) is 2.11. The second-order valence-electron chi connectivity index (χ2n) is 5.70. The molecule has 1 aromatic heterocycles.